The molecule has 0 aliphatic carbocycles. The van der Waals surface area contributed by atoms with Crippen molar-refractivity contribution in [2.75, 3.05) is 19.4 Å². The lowest BCUT2D eigenvalue weighted by atomic mass is 10.0. The van der Waals surface area contributed by atoms with E-state index in [2.05, 4.69) is 9.73 Å². The number of hydrogen-bond acceptors (Lipinski definition) is 4. The number of rotatable bonds is 3. The Labute approximate surface area is 95.1 Å². The molecule has 86 valence electrons. The molecule has 16 heavy (non-hydrogen) atoms. The number of methoxy groups -OCH3 is 1. The minimum atomic E-state index is -0.459. The zero-order valence-electron chi connectivity index (χ0n) is 9.78. The van der Waals surface area contributed by atoms with E-state index < -0.39 is 5.97 Å². The molecular formula is C12H16N2O2. The first-order chi connectivity index (χ1) is 7.60. The predicted molar refractivity (Wildman–Crippen MR) is 64.7 cm³/mol. The number of aryl methyl sites for hydroxylation is 1. The molecule has 4 nitrogen and oxygen atoms in total. The molecule has 0 aliphatic rings. The van der Waals surface area contributed by atoms with Crippen LogP contribution in [0.5, 0.6) is 0 Å². The van der Waals surface area contributed by atoms with Gasteiger partial charge in [-0.15, -0.1) is 0 Å². The fourth-order valence-corrected chi connectivity index (χ4v) is 1.39. The summed E-state index contributed by atoms with van der Waals surface area (Å²) in [6.07, 6.45) is 0. The van der Waals surface area contributed by atoms with Crippen LogP contribution in [0.4, 0.5) is 5.69 Å². The standard InChI is InChI=1S/C12H16N2O2/c1-4-14-11(12(15)16-3)9-7-8(2)5-6-10(9)13/h5-7H,4,13H2,1-3H3. The summed E-state index contributed by atoms with van der Waals surface area (Å²) in [5, 5.41) is 0. The first-order valence-electron chi connectivity index (χ1n) is 5.09. The maximum absolute atomic E-state index is 11.6. The van der Waals surface area contributed by atoms with Gasteiger partial charge in [0.05, 0.1) is 7.11 Å². The molecule has 1 rings (SSSR count). The number of nitrogens with zero attached hydrogens (tertiary/aromatic N) is 1. The fourth-order valence-electron chi connectivity index (χ4n) is 1.39. The van der Waals surface area contributed by atoms with Gasteiger partial charge in [-0.05, 0) is 26.0 Å². The van der Waals surface area contributed by atoms with Gasteiger partial charge in [0.1, 0.15) is 0 Å². The zero-order chi connectivity index (χ0) is 12.1. The van der Waals surface area contributed by atoms with Crippen LogP contribution in [0.15, 0.2) is 23.2 Å². The number of aliphatic imine (C=N–C) groups is 1. The van der Waals surface area contributed by atoms with E-state index in [0.29, 0.717) is 17.8 Å². The molecule has 0 fully saturated rings. The lowest BCUT2D eigenvalue weighted by molar-refractivity contribution is -0.132. The molecule has 0 saturated heterocycles. The van der Waals surface area contributed by atoms with Gasteiger partial charge in [0.25, 0.3) is 0 Å². The number of anilines is 1. The average molecular weight is 220 g/mol. The Kier molecular flexibility index (Phi) is 4.05. The number of nitrogen functional groups attached to an aromatic ring is 1. The van der Waals surface area contributed by atoms with E-state index in [1.165, 1.54) is 7.11 Å². The van der Waals surface area contributed by atoms with Crippen molar-refractivity contribution >= 4 is 17.4 Å². The van der Waals surface area contributed by atoms with Crippen LogP contribution in [0.2, 0.25) is 0 Å². The van der Waals surface area contributed by atoms with Crippen molar-refractivity contribution < 1.29 is 9.53 Å². The maximum Gasteiger partial charge on any atom is 0.356 e. The van der Waals surface area contributed by atoms with Crippen LogP contribution in [-0.2, 0) is 9.53 Å². The molecule has 0 saturated carbocycles. The second-order valence-electron chi connectivity index (χ2n) is 3.41. The normalized spacial score (nSPS) is 11.3. The highest BCUT2D eigenvalue weighted by Crippen LogP contribution is 2.15. The van der Waals surface area contributed by atoms with Crippen molar-refractivity contribution in [3.05, 3.63) is 29.3 Å². The van der Waals surface area contributed by atoms with Crippen molar-refractivity contribution in [3.63, 3.8) is 0 Å². The first-order valence-corrected chi connectivity index (χ1v) is 5.09. The summed E-state index contributed by atoms with van der Waals surface area (Å²) >= 11 is 0. The van der Waals surface area contributed by atoms with Gasteiger partial charge in [0, 0.05) is 17.8 Å². The third kappa shape index (κ3) is 2.59. The number of esters is 1. The summed E-state index contributed by atoms with van der Waals surface area (Å²) in [5.41, 5.74) is 8.30. The van der Waals surface area contributed by atoms with E-state index in [-0.39, 0.29) is 5.71 Å². The second kappa shape index (κ2) is 5.30. The SMILES string of the molecule is CCN=C(C(=O)OC)c1cc(C)ccc1N. The molecule has 0 aliphatic heterocycles. The monoisotopic (exact) mass is 220 g/mol. The third-order valence-electron chi connectivity index (χ3n) is 2.16. The van der Waals surface area contributed by atoms with Crippen LogP contribution >= 0.6 is 0 Å². The van der Waals surface area contributed by atoms with Crippen molar-refractivity contribution in [1.82, 2.24) is 0 Å². The lowest BCUT2D eigenvalue weighted by Crippen LogP contribution is -2.19. The first kappa shape index (κ1) is 12.2. The fraction of sp³-hybridized carbons (Fsp3) is 0.333. The van der Waals surface area contributed by atoms with E-state index in [9.17, 15) is 4.79 Å². The molecule has 0 heterocycles. The van der Waals surface area contributed by atoms with Crippen LogP contribution in [-0.4, -0.2) is 25.3 Å². The van der Waals surface area contributed by atoms with Gasteiger partial charge in [-0.2, -0.15) is 0 Å². The Bertz CT molecular complexity index is 425. The molecule has 0 atom stereocenters. The van der Waals surface area contributed by atoms with Gasteiger partial charge >= 0.3 is 5.97 Å². The number of ether oxygens (including phenoxy) is 1. The van der Waals surface area contributed by atoms with E-state index in [0.717, 1.165) is 5.56 Å². The summed E-state index contributed by atoms with van der Waals surface area (Å²) in [7, 11) is 1.33. The summed E-state index contributed by atoms with van der Waals surface area (Å²) < 4.78 is 4.69. The summed E-state index contributed by atoms with van der Waals surface area (Å²) in [4.78, 5) is 15.7. The molecular weight excluding hydrogens is 204 g/mol. The Morgan fingerprint density at radius 2 is 2.19 bits per heavy atom. The van der Waals surface area contributed by atoms with Crippen LogP contribution in [0, 0.1) is 6.92 Å². The minimum absolute atomic E-state index is 0.284. The van der Waals surface area contributed by atoms with Crippen LogP contribution in [0.1, 0.15) is 18.1 Å². The van der Waals surface area contributed by atoms with Crippen molar-refractivity contribution in [1.29, 1.82) is 0 Å². The quantitative estimate of drug-likeness (QED) is 0.477. The van der Waals surface area contributed by atoms with Gasteiger partial charge in [0.2, 0.25) is 0 Å². The lowest BCUT2D eigenvalue weighted by Gasteiger charge is -2.08. The molecule has 1 aromatic carbocycles. The van der Waals surface area contributed by atoms with E-state index in [1.807, 2.05) is 26.0 Å². The van der Waals surface area contributed by atoms with Gasteiger partial charge in [-0.3, -0.25) is 4.99 Å². The Morgan fingerprint density at radius 3 is 2.75 bits per heavy atom. The highest BCUT2D eigenvalue weighted by molar-refractivity contribution is 6.44. The largest absolute Gasteiger partial charge is 0.464 e. The topological polar surface area (TPSA) is 64.7 Å². The van der Waals surface area contributed by atoms with Crippen molar-refractivity contribution in [3.8, 4) is 0 Å². The Hall–Kier alpha value is -1.84. The molecule has 2 N–H and O–H groups in total. The molecule has 0 aromatic heterocycles. The Morgan fingerprint density at radius 1 is 1.50 bits per heavy atom. The molecule has 0 amide bonds. The van der Waals surface area contributed by atoms with E-state index in [1.54, 1.807) is 6.07 Å². The molecule has 0 radical (unpaired) electrons. The number of carbonyl (C=O) groups excluding carboxylic acids is 1. The van der Waals surface area contributed by atoms with Crippen LogP contribution < -0.4 is 5.73 Å². The van der Waals surface area contributed by atoms with Gasteiger partial charge in [0.15, 0.2) is 5.71 Å². The van der Waals surface area contributed by atoms with Gasteiger partial charge in [-0.1, -0.05) is 11.6 Å². The molecule has 0 unspecified atom stereocenters. The van der Waals surface area contributed by atoms with Crippen molar-refractivity contribution in [2.45, 2.75) is 13.8 Å². The number of nitrogens with two attached hydrogens (primary N) is 1. The molecule has 0 spiro atoms. The smallest absolute Gasteiger partial charge is 0.356 e. The van der Waals surface area contributed by atoms with Crippen LogP contribution in [0.25, 0.3) is 0 Å². The maximum atomic E-state index is 11.6. The highest BCUT2D eigenvalue weighted by Gasteiger charge is 2.16. The van der Waals surface area contributed by atoms with E-state index >= 15 is 0 Å². The van der Waals surface area contributed by atoms with Crippen LogP contribution in [0.3, 0.4) is 0 Å². The Balaban J connectivity index is 3.26. The van der Waals surface area contributed by atoms with Crippen molar-refractivity contribution in [2.24, 2.45) is 4.99 Å². The number of benzene rings is 1. The summed E-state index contributed by atoms with van der Waals surface area (Å²) in [6.45, 7) is 4.30. The highest BCUT2D eigenvalue weighted by atomic mass is 16.5. The molecule has 0 bridgehead atoms. The third-order valence-corrected chi connectivity index (χ3v) is 2.16. The van der Waals surface area contributed by atoms with E-state index in [4.69, 9.17) is 5.73 Å². The van der Waals surface area contributed by atoms with Gasteiger partial charge < -0.3 is 10.5 Å². The second-order valence-corrected chi connectivity index (χ2v) is 3.41. The minimum Gasteiger partial charge on any atom is -0.464 e. The average Bonchev–Trinajstić information content (AvgIpc) is 2.28. The predicted octanol–water partition coefficient (Wildman–Crippen LogP) is 1.56. The molecule has 4 heteroatoms. The number of carbonyl (C=O) groups is 1. The summed E-state index contributed by atoms with van der Waals surface area (Å²) in [6, 6.07) is 5.49. The summed E-state index contributed by atoms with van der Waals surface area (Å²) in [5.74, 6) is -0.459. The number of hydrogen-bond donors (Lipinski definition) is 1. The van der Waals surface area contributed by atoms with Gasteiger partial charge in [-0.25, -0.2) is 4.79 Å². The molecule has 1 aromatic rings. The zero-order valence-corrected chi connectivity index (χ0v) is 9.78.